The molecule has 0 aliphatic heterocycles. The van der Waals surface area contributed by atoms with E-state index in [1.54, 1.807) is 6.07 Å². The quantitative estimate of drug-likeness (QED) is 0.906. The first-order valence-corrected chi connectivity index (χ1v) is 5.19. The van der Waals surface area contributed by atoms with Gasteiger partial charge in [-0.25, -0.2) is 9.18 Å². The molecule has 16 heavy (non-hydrogen) atoms. The molecule has 0 aromatic heterocycles. The van der Waals surface area contributed by atoms with Crippen LogP contribution < -0.4 is 9.47 Å². The minimum Gasteiger partial charge on any atom is -0.493 e. The van der Waals surface area contributed by atoms with Gasteiger partial charge in [0.2, 0.25) is 0 Å². The number of methoxy groups -OCH3 is 1. The molecule has 88 valence electrons. The summed E-state index contributed by atoms with van der Waals surface area (Å²) in [5, 5.41) is 8.96. The van der Waals surface area contributed by atoms with Gasteiger partial charge in [-0.1, -0.05) is 15.9 Å². The van der Waals surface area contributed by atoms with Gasteiger partial charge in [-0.05, 0) is 12.1 Å². The topological polar surface area (TPSA) is 55.8 Å². The summed E-state index contributed by atoms with van der Waals surface area (Å²) in [7, 11) is 1.38. The number of alkyl halides is 1. The number of halogens is 2. The summed E-state index contributed by atoms with van der Waals surface area (Å²) in [5.74, 6) is -0.871. The number of aromatic carboxylic acids is 1. The second-order valence-corrected chi connectivity index (χ2v) is 3.74. The number of ether oxygens (including phenoxy) is 2. The Kier molecular flexibility index (Phi) is 4.54. The molecule has 0 saturated heterocycles. The summed E-state index contributed by atoms with van der Waals surface area (Å²) in [6.07, 6.45) is 0. The van der Waals surface area contributed by atoms with Crippen LogP contribution in [0.5, 0.6) is 11.5 Å². The summed E-state index contributed by atoms with van der Waals surface area (Å²) < 4.78 is 22.6. The van der Waals surface area contributed by atoms with Crippen LogP contribution in [0.1, 0.15) is 10.4 Å². The van der Waals surface area contributed by atoms with E-state index in [-0.39, 0.29) is 23.7 Å². The van der Waals surface area contributed by atoms with Gasteiger partial charge in [-0.15, -0.1) is 0 Å². The molecule has 1 rings (SSSR count). The van der Waals surface area contributed by atoms with E-state index < -0.39 is 12.6 Å². The van der Waals surface area contributed by atoms with Gasteiger partial charge in [0.05, 0.1) is 7.11 Å². The number of carbonyl (C=O) groups is 1. The van der Waals surface area contributed by atoms with E-state index in [2.05, 4.69) is 15.9 Å². The molecule has 0 amide bonds. The van der Waals surface area contributed by atoms with Crippen LogP contribution in [0.15, 0.2) is 16.6 Å². The molecule has 1 aromatic rings. The van der Waals surface area contributed by atoms with Crippen molar-refractivity contribution in [1.82, 2.24) is 0 Å². The van der Waals surface area contributed by atoms with Gasteiger partial charge in [0, 0.05) is 4.47 Å². The number of carboxylic acids is 1. The highest BCUT2D eigenvalue weighted by Gasteiger charge is 2.17. The lowest BCUT2D eigenvalue weighted by atomic mass is 10.2. The van der Waals surface area contributed by atoms with E-state index >= 15 is 0 Å². The van der Waals surface area contributed by atoms with Crippen molar-refractivity contribution < 1.29 is 23.8 Å². The van der Waals surface area contributed by atoms with Crippen LogP contribution in [0.2, 0.25) is 0 Å². The number of benzene rings is 1. The largest absolute Gasteiger partial charge is 0.493 e. The Balaban J connectivity index is 3.21. The van der Waals surface area contributed by atoms with Gasteiger partial charge in [0.1, 0.15) is 18.8 Å². The third kappa shape index (κ3) is 2.85. The van der Waals surface area contributed by atoms with Crippen LogP contribution >= 0.6 is 15.9 Å². The number of hydrogen-bond donors (Lipinski definition) is 1. The number of carboxylic acid groups (broad SMARTS) is 1. The lowest BCUT2D eigenvalue weighted by molar-refractivity contribution is 0.0690. The van der Waals surface area contributed by atoms with Gasteiger partial charge in [-0.2, -0.15) is 0 Å². The molecule has 0 atom stereocenters. The van der Waals surface area contributed by atoms with Crippen LogP contribution in [-0.4, -0.2) is 31.5 Å². The molecule has 0 spiro atoms. The van der Waals surface area contributed by atoms with E-state index in [9.17, 15) is 9.18 Å². The third-order valence-corrected chi connectivity index (χ3v) is 2.25. The van der Waals surface area contributed by atoms with Crippen molar-refractivity contribution in [1.29, 1.82) is 0 Å². The molecule has 4 nitrogen and oxygen atoms in total. The maximum absolute atomic E-state index is 12.0. The fourth-order valence-electron chi connectivity index (χ4n) is 1.17. The zero-order valence-electron chi connectivity index (χ0n) is 8.50. The molecule has 0 unspecified atom stereocenters. The van der Waals surface area contributed by atoms with Crippen molar-refractivity contribution in [3.05, 3.63) is 22.2 Å². The zero-order valence-corrected chi connectivity index (χ0v) is 10.1. The van der Waals surface area contributed by atoms with Crippen LogP contribution in [0.4, 0.5) is 4.39 Å². The van der Waals surface area contributed by atoms with E-state index in [1.165, 1.54) is 13.2 Å². The van der Waals surface area contributed by atoms with Crippen molar-refractivity contribution in [2.45, 2.75) is 0 Å². The van der Waals surface area contributed by atoms with Crippen molar-refractivity contribution in [3.63, 3.8) is 0 Å². The molecule has 0 heterocycles. The van der Waals surface area contributed by atoms with Crippen LogP contribution in [0.25, 0.3) is 0 Å². The van der Waals surface area contributed by atoms with Crippen LogP contribution in [0.3, 0.4) is 0 Å². The number of hydrogen-bond acceptors (Lipinski definition) is 3. The second kappa shape index (κ2) is 5.69. The first-order chi connectivity index (χ1) is 7.60. The lowest BCUT2D eigenvalue weighted by Gasteiger charge is -2.12. The first-order valence-electron chi connectivity index (χ1n) is 4.39. The predicted molar refractivity (Wildman–Crippen MR) is 59.1 cm³/mol. The minimum atomic E-state index is -1.16. The fraction of sp³-hybridized carbons (Fsp3) is 0.300. The normalized spacial score (nSPS) is 9.94. The molecular weight excluding hydrogens is 283 g/mol. The Labute approximate surface area is 100 Å². The van der Waals surface area contributed by atoms with Crippen molar-refractivity contribution in [2.75, 3.05) is 20.4 Å². The van der Waals surface area contributed by atoms with Gasteiger partial charge in [0.25, 0.3) is 0 Å². The molecule has 1 aromatic carbocycles. The van der Waals surface area contributed by atoms with Crippen molar-refractivity contribution >= 4 is 21.9 Å². The van der Waals surface area contributed by atoms with Gasteiger partial charge < -0.3 is 14.6 Å². The number of rotatable bonds is 5. The van der Waals surface area contributed by atoms with Gasteiger partial charge in [0.15, 0.2) is 11.5 Å². The average Bonchev–Trinajstić information content (AvgIpc) is 2.26. The summed E-state index contributed by atoms with van der Waals surface area (Å²) >= 11 is 3.15. The highest BCUT2D eigenvalue weighted by molar-refractivity contribution is 9.10. The van der Waals surface area contributed by atoms with E-state index in [4.69, 9.17) is 14.6 Å². The van der Waals surface area contributed by atoms with E-state index in [1.807, 2.05) is 0 Å². The average molecular weight is 293 g/mol. The molecule has 0 radical (unpaired) electrons. The fourth-order valence-corrected chi connectivity index (χ4v) is 1.61. The Bertz CT molecular complexity index is 395. The molecule has 0 fully saturated rings. The SMILES string of the molecule is COc1cc(Br)cc(C(=O)O)c1OCCF. The van der Waals surface area contributed by atoms with Gasteiger partial charge >= 0.3 is 5.97 Å². The first kappa shape index (κ1) is 12.8. The summed E-state index contributed by atoms with van der Waals surface area (Å²) in [5.41, 5.74) is -0.0697. The van der Waals surface area contributed by atoms with Crippen LogP contribution in [0, 0.1) is 0 Å². The molecule has 0 aliphatic rings. The second-order valence-electron chi connectivity index (χ2n) is 2.83. The Morgan fingerprint density at radius 1 is 1.56 bits per heavy atom. The molecule has 0 aliphatic carbocycles. The highest BCUT2D eigenvalue weighted by atomic mass is 79.9. The molecule has 6 heteroatoms. The summed E-state index contributed by atoms with van der Waals surface area (Å²) in [6, 6.07) is 2.93. The van der Waals surface area contributed by atoms with Crippen molar-refractivity contribution in [3.8, 4) is 11.5 Å². The Morgan fingerprint density at radius 3 is 2.75 bits per heavy atom. The maximum Gasteiger partial charge on any atom is 0.339 e. The third-order valence-electron chi connectivity index (χ3n) is 1.79. The standard InChI is InChI=1S/C10H10BrFO4/c1-15-8-5-6(11)4-7(10(13)14)9(8)16-3-2-12/h4-5H,2-3H2,1H3,(H,13,14). The van der Waals surface area contributed by atoms with E-state index in [0.717, 1.165) is 0 Å². The molecular formula is C10H10BrFO4. The maximum atomic E-state index is 12.0. The zero-order chi connectivity index (χ0) is 12.1. The minimum absolute atomic E-state index is 0.0378. The Hall–Kier alpha value is -1.30. The molecule has 1 N–H and O–H groups in total. The molecule has 0 saturated carbocycles. The van der Waals surface area contributed by atoms with E-state index in [0.29, 0.717) is 4.47 Å². The highest BCUT2D eigenvalue weighted by Crippen LogP contribution is 2.34. The predicted octanol–water partition coefficient (Wildman–Crippen LogP) is 2.50. The Morgan fingerprint density at radius 2 is 2.25 bits per heavy atom. The summed E-state index contributed by atoms with van der Waals surface area (Å²) in [6.45, 7) is -0.906. The van der Waals surface area contributed by atoms with Crippen molar-refractivity contribution in [2.24, 2.45) is 0 Å². The monoisotopic (exact) mass is 292 g/mol. The molecule has 0 bridgehead atoms. The summed E-state index contributed by atoms with van der Waals surface area (Å²) in [4.78, 5) is 11.0. The lowest BCUT2D eigenvalue weighted by Crippen LogP contribution is -2.07. The van der Waals surface area contributed by atoms with Crippen LogP contribution in [-0.2, 0) is 0 Å². The smallest absolute Gasteiger partial charge is 0.339 e. The van der Waals surface area contributed by atoms with Gasteiger partial charge in [-0.3, -0.25) is 0 Å².